The van der Waals surface area contributed by atoms with Crippen molar-refractivity contribution in [2.75, 3.05) is 19.6 Å². The Morgan fingerprint density at radius 1 is 1.00 bits per heavy atom. The fraction of sp³-hybridized carbons (Fsp3) is 0.188. The zero-order valence-electron chi connectivity index (χ0n) is 11.2. The number of piperazine rings is 1. The van der Waals surface area contributed by atoms with Crippen LogP contribution in [0.25, 0.3) is 11.3 Å². The topological polar surface area (TPSA) is 54.0 Å². The molecule has 0 unspecified atom stereocenters. The lowest BCUT2D eigenvalue weighted by Gasteiger charge is -2.13. The Balaban J connectivity index is 0.000000160. The SMILES string of the molecule is O=C=C1CNCCN1.c1ccc(-c2ccccn2)cc1. The molecule has 0 amide bonds. The molecule has 1 aliphatic heterocycles. The largest absolute Gasteiger partial charge is 0.377 e. The third-order valence-electron chi connectivity index (χ3n) is 2.80. The first kappa shape index (κ1) is 14.0. The Morgan fingerprint density at radius 2 is 1.80 bits per heavy atom. The van der Waals surface area contributed by atoms with Gasteiger partial charge < -0.3 is 10.6 Å². The standard InChI is InChI=1S/C11H9N.C5H8N2O/c1-2-6-10(7-3-1)11-8-4-5-9-12-11;8-4-5-3-6-1-2-7-5/h1-9H;6-7H,1-3H2. The summed E-state index contributed by atoms with van der Waals surface area (Å²) in [5.74, 6) is 1.80. The Bertz CT molecular complexity index is 517. The molecule has 1 aliphatic rings. The average Bonchev–Trinajstić information content (AvgIpc) is 2.58. The fourth-order valence-electron chi connectivity index (χ4n) is 1.79. The third kappa shape index (κ3) is 4.35. The molecule has 4 nitrogen and oxygen atoms in total. The molecule has 0 bridgehead atoms. The second-order valence-corrected chi connectivity index (χ2v) is 4.27. The van der Waals surface area contributed by atoms with Crippen molar-refractivity contribution in [1.29, 1.82) is 0 Å². The van der Waals surface area contributed by atoms with Crippen LogP contribution in [0.3, 0.4) is 0 Å². The van der Waals surface area contributed by atoms with Crippen molar-refractivity contribution in [1.82, 2.24) is 15.6 Å². The molecule has 102 valence electrons. The van der Waals surface area contributed by atoms with Crippen molar-refractivity contribution in [2.24, 2.45) is 0 Å². The number of hydrogen-bond acceptors (Lipinski definition) is 4. The molecule has 1 aromatic carbocycles. The van der Waals surface area contributed by atoms with Gasteiger partial charge in [0.15, 0.2) is 0 Å². The molecule has 3 rings (SSSR count). The molecule has 2 aromatic rings. The normalized spacial score (nSPS) is 13.5. The van der Waals surface area contributed by atoms with Crippen molar-refractivity contribution in [3.63, 3.8) is 0 Å². The van der Waals surface area contributed by atoms with Crippen LogP contribution in [0.15, 0.2) is 60.4 Å². The smallest absolute Gasteiger partial charge is 0.146 e. The number of aromatic nitrogens is 1. The molecule has 4 heteroatoms. The molecule has 20 heavy (non-hydrogen) atoms. The molecular formula is C16H17N3O. The quantitative estimate of drug-likeness (QED) is 0.771. The summed E-state index contributed by atoms with van der Waals surface area (Å²) >= 11 is 0. The van der Waals surface area contributed by atoms with Crippen LogP contribution >= 0.6 is 0 Å². The van der Waals surface area contributed by atoms with E-state index >= 15 is 0 Å². The number of pyridine rings is 1. The third-order valence-corrected chi connectivity index (χ3v) is 2.80. The lowest BCUT2D eigenvalue weighted by atomic mass is 10.1. The predicted octanol–water partition coefficient (Wildman–Crippen LogP) is 1.64. The van der Waals surface area contributed by atoms with E-state index < -0.39 is 0 Å². The summed E-state index contributed by atoms with van der Waals surface area (Å²) in [5, 5.41) is 5.92. The first-order valence-corrected chi connectivity index (χ1v) is 6.55. The van der Waals surface area contributed by atoms with E-state index in [-0.39, 0.29) is 0 Å². The molecule has 1 fully saturated rings. The summed E-state index contributed by atoms with van der Waals surface area (Å²) in [5.41, 5.74) is 2.83. The van der Waals surface area contributed by atoms with Crippen molar-refractivity contribution >= 4 is 5.94 Å². The molecule has 0 radical (unpaired) electrons. The summed E-state index contributed by atoms with van der Waals surface area (Å²) in [7, 11) is 0. The maximum Gasteiger partial charge on any atom is 0.146 e. The Labute approximate surface area is 118 Å². The number of carbonyl (C=O) groups excluding carboxylic acids is 1. The van der Waals surface area contributed by atoms with Gasteiger partial charge in [0.25, 0.3) is 0 Å². The highest BCUT2D eigenvalue weighted by Gasteiger charge is 2.01. The van der Waals surface area contributed by atoms with Crippen LogP contribution in [-0.2, 0) is 4.79 Å². The Hall–Kier alpha value is -2.42. The molecule has 2 N–H and O–H groups in total. The summed E-state index contributed by atoms with van der Waals surface area (Å²) < 4.78 is 0. The van der Waals surface area contributed by atoms with Gasteiger partial charge in [0.05, 0.1) is 5.69 Å². The van der Waals surface area contributed by atoms with Crippen molar-refractivity contribution in [3.05, 3.63) is 60.4 Å². The van der Waals surface area contributed by atoms with Crippen molar-refractivity contribution in [3.8, 4) is 11.3 Å². The lowest BCUT2D eigenvalue weighted by Crippen LogP contribution is -2.38. The summed E-state index contributed by atoms with van der Waals surface area (Å²) in [4.78, 5) is 14.1. The van der Waals surface area contributed by atoms with Gasteiger partial charge in [-0.1, -0.05) is 36.4 Å². The zero-order chi connectivity index (χ0) is 14.0. The van der Waals surface area contributed by atoms with Crippen molar-refractivity contribution in [2.45, 2.75) is 0 Å². The Kier molecular flexibility index (Phi) is 5.53. The van der Waals surface area contributed by atoms with Gasteiger partial charge in [-0.25, -0.2) is 4.79 Å². The van der Waals surface area contributed by atoms with Crippen LogP contribution in [-0.4, -0.2) is 30.6 Å². The van der Waals surface area contributed by atoms with Crippen LogP contribution in [0.1, 0.15) is 0 Å². The monoisotopic (exact) mass is 267 g/mol. The van der Waals surface area contributed by atoms with Crippen LogP contribution in [0, 0.1) is 0 Å². The van der Waals surface area contributed by atoms with Crippen molar-refractivity contribution < 1.29 is 4.79 Å². The number of rotatable bonds is 1. The van der Waals surface area contributed by atoms with Crippen LogP contribution in [0.2, 0.25) is 0 Å². The number of hydrogen-bond donors (Lipinski definition) is 2. The van der Waals surface area contributed by atoms with E-state index in [2.05, 4.69) is 27.8 Å². The maximum atomic E-state index is 9.90. The summed E-state index contributed by atoms with van der Waals surface area (Å²) in [6.07, 6.45) is 1.81. The molecule has 2 heterocycles. The molecule has 0 spiro atoms. The molecule has 0 saturated carbocycles. The fourth-order valence-corrected chi connectivity index (χ4v) is 1.79. The Morgan fingerprint density at radius 3 is 2.35 bits per heavy atom. The molecular weight excluding hydrogens is 250 g/mol. The molecule has 1 aromatic heterocycles. The van der Waals surface area contributed by atoms with Gasteiger partial charge in [-0.2, -0.15) is 0 Å². The van der Waals surface area contributed by atoms with Gasteiger partial charge >= 0.3 is 0 Å². The van der Waals surface area contributed by atoms with Gasteiger partial charge in [-0.3, -0.25) is 4.98 Å². The average molecular weight is 267 g/mol. The number of benzene rings is 1. The first-order valence-electron chi connectivity index (χ1n) is 6.55. The summed E-state index contributed by atoms with van der Waals surface area (Å²) in [6, 6.07) is 16.1. The number of nitrogens with one attached hydrogen (secondary N) is 2. The van der Waals surface area contributed by atoms with Crippen LogP contribution < -0.4 is 10.6 Å². The predicted molar refractivity (Wildman–Crippen MR) is 79.8 cm³/mol. The van der Waals surface area contributed by atoms with E-state index in [1.165, 1.54) is 0 Å². The van der Waals surface area contributed by atoms with E-state index in [1.807, 2.05) is 42.6 Å². The van der Waals surface area contributed by atoms with Gasteiger partial charge in [0.2, 0.25) is 0 Å². The van der Waals surface area contributed by atoms with E-state index in [1.54, 1.807) is 5.94 Å². The van der Waals surface area contributed by atoms with E-state index in [4.69, 9.17) is 0 Å². The second-order valence-electron chi connectivity index (χ2n) is 4.27. The van der Waals surface area contributed by atoms with Crippen LogP contribution in [0.5, 0.6) is 0 Å². The minimum Gasteiger partial charge on any atom is -0.377 e. The van der Waals surface area contributed by atoms with E-state index in [0.717, 1.165) is 24.3 Å². The van der Waals surface area contributed by atoms with Gasteiger partial charge in [-0.15, -0.1) is 0 Å². The molecule has 1 saturated heterocycles. The lowest BCUT2D eigenvalue weighted by molar-refractivity contribution is 0.551. The molecule has 0 atom stereocenters. The summed E-state index contributed by atoms with van der Waals surface area (Å²) in [6.45, 7) is 2.42. The minimum absolute atomic E-state index is 0.635. The zero-order valence-corrected chi connectivity index (χ0v) is 11.2. The van der Waals surface area contributed by atoms with E-state index in [9.17, 15) is 4.79 Å². The van der Waals surface area contributed by atoms with Gasteiger partial charge in [0.1, 0.15) is 11.6 Å². The second kappa shape index (κ2) is 7.89. The highest BCUT2D eigenvalue weighted by atomic mass is 16.1. The highest BCUT2D eigenvalue weighted by molar-refractivity contribution is 5.58. The minimum atomic E-state index is 0.635. The van der Waals surface area contributed by atoms with Gasteiger partial charge in [-0.05, 0) is 12.1 Å². The number of nitrogens with zero attached hydrogens (tertiary/aromatic N) is 1. The van der Waals surface area contributed by atoms with Gasteiger partial charge in [0, 0.05) is 31.4 Å². The highest BCUT2D eigenvalue weighted by Crippen LogP contribution is 2.14. The maximum absolute atomic E-state index is 9.90. The van der Waals surface area contributed by atoms with E-state index in [0.29, 0.717) is 12.2 Å². The molecule has 0 aliphatic carbocycles. The van der Waals surface area contributed by atoms with Crippen LogP contribution in [0.4, 0.5) is 0 Å². The first-order chi connectivity index (χ1) is 9.90.